The quantitative estimate of drug-likeness (QED) is 0.940. The molecular weight excluding hydrogens is 282 g/mol. The lowest BCUT2D eigenvalue weighted by molar-refractivity contribution is -0.122. The van der Waals surface area contributed by atoms with Crippen molar-refractivity contribution in [3.8, 4) is 5.75 Å². The van der Waals surface area contributed by atoms with Crippen LogP contribution in [-0.2, 0) is 16.1 Å². The zero-order chi connectivity index (χ0) is 15.8. The lowest BCUT2D eigenvalue weighted by atomic mass is 10.2. The van der Waals surface area contributed by atoms with Crippen LogP contribution >= 0.6 is 0 Å². The molecule has 0 aromatic heterocycles. The maximum absolute atomic E-state index is 11.9. The van der Waals surface area contributed by atoms with Gasteiger partial charge in [-0.2, -0.15) is 0 Å². The molecular formula is C17H19NO4. The summed E-state index contributed by atoms with van der Waals surface area (Å²) in [7, 11) is 1.00. The fourth-order valence-corrected chi connectivity index (χ4v) is 2.12. The normalized spacial score (nSPS) is 12.8. The topological polar surface area (TPSA) is 59.0 Å². The molecule has 1 aliphatic heterocycles. The molecule has 0 fully saturated rings. The zero-order valence-corrected chi connectivity index (χ0v) is 12.4. The van der Waals surface area contributed by atoms with Gasteiger partial charge >= 0.3 is 0 Å². The smallest absolute Gasteiger partial charge is 0.266 e. The number of rotatable bonds is 4. The summed E-state index contributed by atoms with van der Waals surface area (Å²) < 4.78 is 11.0. The molecule has 1 N–H and O–H groups in total. The first kappa shape index (κ1) is 16.0. The molecule has 0 atom stereocenters. The number of para-hydroxylation sites is 2. The number of carbonyl (C=O) groups excluding carboxylic acids is 1. The highest BCUT2D eigenvalue weighted by molar-refractivity contribution is 5.97. The van der Waals surface area contributed by atoms with Gasteiger partial charge in [0.15, 0.2) is 6.61 Å². The predicted octanol–water partition coefficient (Wildman–Crippen LogP) is 2.19. The number of amides is 1. The molecule has 2 aromatic carbocycles. The highest BCUT2D eigenvalue weighted by atomic mass is 16.5. The number of hydrogen-bond donors (Lipinski definition) is 1. The van der Waals surface area contributed by atoms with E-state index < -0.39 is 0 Å². The Labute approximate surface area is 129 Å². The van der Waals surface area contributed by atoms with Crippen LogP contribution in [0, 0.1) is 0 Å². The van der Waals surface area contributed by atoms with Crippen molar-refractivity contribution in [3.05, 3.63) is 60.2 Å². The number of hydrogen-bond acceptors (Lipinski definition) is 4. The Morgan fingerprint density at radius 3 is 2.55 bits per heavy atom. The molecule has 0 radical (unpaired) electrons. The van der Waals surface area contributed by atoms with Crippen molar-refractivity contribution in [3.63, 3.8) is 0 Å². The Balaban J connectivity index is 0.000000847. The van der Waals surface area contributed by atoms with Crippen molar-refractivity contribution >= 4 is 11.6 Å². The van der Waals surface area contributed by atoms with Crippen molar-refractivity contribution < 1.29 is 19.4 Å². The van der Waals surface area contributed by atoms with Gasteiger partial charge in [-0.25, -0.2) is 0 Å². The SMILES string of the molecule is CO.O=C1COc2ccccc2N1COCc1ccccc1. The highest BCUT2D eigenvalue weighted by Crippen LogP contribution is 2.31. The molecule has 0 aliphatic carbocycles. The second kappa shape index (κ2) is 8.17. The maximum Gasteiger partial charge on any atom is 0.266 e. The van der Waals surface area contributed by atoms with Gasteiger partial charge in [-0.05, 0) is 17.7 Å². The summed E-state index contributed by atoms with van der Waals surface area (Å²) in [6, 6.07) is 17.4. The minimum Gasteiger partial charge on any atom is -0.482 e. The fourth-order valence-electron chi connectivity index (χ4n) is 2.12. The standard InChI is InChI=1S/C16H15NO3.CH4O/c18-16-11-20-15-9-5-4-8-14(15)17(16)12-19-10-13-6-2-1-3-7-13;1-2/h1-9H,10-12H2;2H,1H3. The first-order valence-corrected chi connectivity index (χ1v) is 6.93. The minimum absolute atomic E-state index is 0.0612. The van der Waals surface area contributed by atoms with Gasteiger partial charge in [0.25, 0.3) is 5.91 Å². The lowest BCUT2D eigenvalue weighted by Crippen LogP contribution is -2.40. The van der Waals surface area contributed by atoms with Crippen LogP contribution < -0.4 is 9.64 Å². The lowest BCUT2D eigenvalue weighted by Gasteiger charge is -2.28. The summed E-state index contributed by atoms with van der Waals surface area (Å²) >= 11 is 0. The summed E-state index contributed by atoms with van der Waals surface area (Å²) in [5, 5.41) is 7.00. The third kappa shape index (κ3) is 3.84. The Morgan fingerprint density at radius 1 is 1.09 bits per heavy atom. The Kier molecular flexibility index (Phi) is 5.94. The van der Waals surface area contributed by atoms with Crippen LogP contribution in [0.2, 0.25) is 0 Å². The van der Waals surface area contributed by atoms with E-state index in [0.29, 0.717) is 6.61 Å². The molecule has 1 amide bonds. The van der Waals surface area contributed by atoms with E-state index in [2.05, 4.69) is 0 Å². The van der Waals surface area contributed by atoms with Gasteiger partial charge in [-0.3, -0.25) is 9.69 Å². The molecule has 1 aliphatic rings. The number of aliphatic hydroxyl groups excluding tert-OH is 1. The Morgan fingerprint density at radius 2 is 1.77 bits per heavy atom. The van der Waals surface area contributed by atoms with Crippen LogP contribution in [0.5, 0.6) is 5.75 Å². The van der Waals surface area contributed by atoms with E-state index >= 15 is 0 Å². The van der Waals surface area contributed by atoms with Gasteiger partial charge in [0.2, 0.25) is 0 Å². The van der Waals surface area contributed by atoms with E-state index in [4.69, 9.17) is 14.6 Å². The van der Waals surface area contributed by atoms with Crippen LogP contribution in [-0.4, -0.2) is 31.5 Å². The Hall–Kier alpha value is -2.37. The molecule has 0 unspecified atom stereocenters. The summed E-state index contributed by atoms with van der Waals surface area (Å²) in [6.45, 7) is 0.771. The number of benzene rings is 2. The summed E-state index contributed by atoms with van der Waals surface area (Å²) in [4.78, 5) is 13.5. The molecule has 2 aromatic rings. The van der Waals surface area contributed by atoms with Gasteiger partial charge < -0.3 is 14.6 Å². The molecule has 0 bridgehead atoms. The number of ether oxygens (including phenoxy) is 2. The summed E-state index contributed by atoms with van der Waals surface area (Å²) in [6.07, 6.45) is 0. The largest absolute Gasteiger partial charge is 0.482 e. The molecule has 1 heterocycles. The number of carbonyl (C=O) groups is 1. The van der Waals surface area contributed by atoms with E-state index in [1.807, 2.05) is 54.6 Å². The van der Waals surface area contributed by atoms with Crippen LogP contribution in [0.1, 0.15) is 5.56 Å². The van der Waals surface area contributed by atoms with Crippen molar-refractivity contribution in [1.82, 2.24) is 0 Å². The van der Waals surface area contributed by atoms with E-state index in [-0.39, 0.29) is 19.2 Å². The van der Waals surface area contributed by atoms with Gasteiger partial charge in [0, 0.05) is 7.11 Å². The average molecular weight is 301 g/mol. The molecule has 116 valence electrons. The predicted molar refractivity (Wildman–Crippen MR) is 83.7 cm³/mol. The van der Waals surface area contributed by atoms with E-state index in [1.165, 1.54) is 0 Å². The third-order valence-electron chi connectivity index (χ3n) is 3.14. The van der Waals surface area contributed by atoms with Crippen molar-refractivity contribution in [2.75, 3.05) is 25.3 Å². The molecule has 5 nitrogen and oxygen atoms in total. The number of anilines is 1. The maximum atomic E-state index is 11.9. The van der Waals surface area contributed by atoms with Crippen LogP contribution in [0.3, 0.4) is 0 Å². The first-order chi connectivity index (χ1) is 10.8. The highest BCUT2D eigenvalue weighted by Gasteiger charge is 2.24. The number of fused-ring (bicyclic) bond motifs is 1. The molecule has 0 saturated carbocycles. The van der Waals surface area contributed by atoms with Crippen LogP contribution in [0.15, 0.2) is 54.6 Å². The molecule has 5 heteroatoms. The second-order valence-corrected chi connectivity index (χ2v) is 4.54. The monoisotopic (exact) mass is 301 g/mol. The Bertz CT molecular complexity index is 601. The summed E-state index contributed by atoms with van der Waals surface area (Å²) in [5.41, 5.74) is 1.85. The van der Waals surface area contributed by atoms with E-state index in [9.17, 15) is 4.79 Å². The van der Waals surface area contributed by atoms with Crippen molar-refractivity contribution in [2.45, 2.75) is 6.61 Å². The van der Waals surface area contributed by atoms with Crippen LogP contribution in [0.25, 0.3) is 0 Å². The fraction of sp³-hybridized carbons (Fsp3) is 0.235. The van der Waals surface area contributed by atoms with Crippen molar-refractivity contribution in [2.24, 2.45) is 0 Å². The average Bonchev–Trinajstić information content (AvgIpc) is 2.60. The molecule has 0 spiro atoms. The van der Waals surface area contributed by atoms with Crippen LogP contribution in [0.4, 0.5) is 5.69 Å². The van der Waals surface area contributed by atoms with E-state index in [1.54, 1.807) is 4.90 Å². The number of nitrogens with zero attached hydrogens (tertiary/aromatic N) is 1. The first-order valence-electron chi connectivity index (χ1n) is 6.93. The van der Waals surface area contributed by atoms with Gasteiger partial charge in [-0.1, -0.05) is 42.5 Å². The molecule has 0 saturated heterocycles. The number of aliphatic hydroxyl groups is 1. The molecule has 22 heavy (non-hydrogen) atoms. The summed E-state index contributed by atoms with van der Waals surface area (Å²) in [5.74, 6) is 0.632. The minimum atomic E-state index is -0.0863. The van der Waals surface area contributed by atoms with E-state index in [0.717, 1.165) is 24.1 Å². The second-order valence-electron chi connectivity index (χ2n) is 4.54. The van der Waals surface area contributed by atoms with Gasteiger partial charge in [0.05, 0.1) is 12.3 Å². The zero-order valence-electron chi connectivity index (χ0n) is 12.4. The van der Waals surface area contributed by atoms with Gasteiger partial charge in [-0.15, -0.1) is 0 Å². The molecule has 3 rings (SSSR count). The third-order valence-corrected chi connectivity index (χ3v) is 3.14. The van der Waals surface area contributed by atoms with Gasteiger partial charge in [0.1, 0.15) is 12.5 Å². The van der Waals surface area contributed by atoms with Crippen molar-refractivity contribution in [1.29, 1.82) is 0 Å².